The summed E-state index contributed by atoms with van der Waals surface area (Å²) in [5.41, 5.74) is -0.663. The first-order valence-corrected chi connectivity index (χ1v) is 8.55. The molecule has 2 aliphatic heterocycles. The van der Waals surface area contributed by atoms with Crippen molar-refractivity contribution in [1.82, 2.24) is 19.9 Å². The van der Waals surface area contributed by atoms with E-state index in [0.29, 0.717) is 13.1 Å². The first-order chi connectivity index (χ1) is 12.5. The Bertz CT molecular complexity index is 740. The summed E-state index contributed by atoms with van der Waals surface area (Å²) in [7, 11) is 0. The Hall–Kier alpha value is -2.42. The van der Waals surface area contributed by atoms with Crippen LogP contribution in [0.1, 0.15) is 5.56 Å². The molecule has 0 spiro atoms. The van der Waals surface area contributed by atoms with Crippen molar-refractivity contribution in [1.29, 1.82) is 0 Å². The molecule has 0 unspecified atom stereocenters. The van der Waals surface area contributed by atoms with Gasteiger partial charge in [-0.2, -0.15) is 13.2 Å². The lowest BCUT2D eigenvalue weighted by Crippen LogP contribution is -2.63. The maximum absolute atomic E-state index is 13.1. The summed E-state index contributed by atoms with van der Waals surface area (Å²) < 4.78 is 39.4. The lowest BCUT2D eigenvalue weighted by molar-refractivity contribution is -0.137. The highest BCUT2D eigenvalue weighted by atomic mass is 19.4. The average molecular weight is 364 g/mol. The van der Waals surface area contributed by atoms with Crippen LogP contribution in [0.2, 0.25) is 0 Å². The molecule has 0 radical (unpaired) electrons. The Morgan fingerprint density at radius 1 is 0.846 bits per heavy atom. The summed E-state index contributed by atoms with van der Waals surface area (Å²) in [6.45, 7) is 4.48. The van der Waals surface area contributed by atoms with E-state index < -0.39 is 11.7 Å². The molecule has 4 heterocycles. The van der Waals surface area contributed by atoms with Gasteiger partial charge in [0, 0.05) is 63.9 Å². The summed E-state index contributed by atoms with van der Waals surface area (Å²) >= 11 is 0. The van der Waals surface area contributed by atoms with Crippen LogP contribution in [0, 0.1) is 0 Å². The van der Waals surface area contributed by atoms with Gasteiger partial charge in [-0.3, -0.25) is 4.90 Å². The highest BCUT2D eigenvalue weighted by Crippen LogP contribution is 2.37. The minimum absolute atomic E-state index is 0.0348. The second kappa shape index (κ2) is 6.71. The van der Waals surface area contributed by atoms with Crippen molar-refractivity contribution >= 4 is 11.8 Å². The summed E-state index contributed by atoms with van der Waals surface area (Å²) in [4.78, 5) is 18.7. The topological polar surface area (TPSA) is 48.4 Å². The molecule has 2 saturated heterocycles. The average Bonchev–Trinajstić information content (AvgIpc) is 2.61. The van der Waals surface area contributed by atoms with Crippen molar-refractivity contribution in [3.05, 3.63) is 42.4 Å². The Labute approximate surface area is 149 Å². The number of pyridine rings is 1. The van der Waals surface area contributed by atoms with Gasteiger partial charge in [0.15, 0.2) is 0 Å². The van der Waals surface area contributed by atoms with E-state index in [0.717, 1.165) is 38.2 Å². The lowest BCUT2D eigenvalue weighted by atomic mass is 10.0. The Morgan fingerprint density at radius 3 is 2.15 bits per heavy atom. The molecule has 6 nitrogen and oxygen atoms in total. The van der Waals surface area contributed by atoms with Crippen LogP contribution in [0.25, 0.3) is 0 Å². The van der Waals surface area contributed by atoms with E-state index in [-0.39, 0.29) is 11.9 Å². The molecule has 9 heteroatoms. The molecule has 0 N–H and O–H groups in total. The van der Waals surface area contributed by atoms with Gasteiger partial charge in [-0.25, -0.2) is 15.0 Å². The summed E-state index contributed by atoms with van der Waals surface area (Å²) in [5.74, 6) is 0.762. The van der Waals surface area contributed by atoms with Crippen LogP contribution in [-0.4, -0.2) is 65.2 Å². The van der Waals surface area contributed by atoms with Gasteiger partial charge >= 0.3 is 6.18 Å². The van der Waals surface area contributed by atoms with E-state index in [1.54, 1.807) is 23.4 Å². The zero-order valence-electron chi connectivity index (χ0n) is 14.1. The number of alkyl halides is 3. The number of rotatable bonds is 3. The van der Waals surface area contributed by atoms with Gasteiger partial charge in [-0.05, 0) is 18.2 Å². The van der Waals surface area contributed by atoms with Gasteiger partial charge in [0.1, 0.15) is 5.82 Å². The van der Waals surface area contributed by atoms with Crippen molar-refractivity contribution in [2.24, 2.45) is 0 Å². The van der Waals surface area contributed by atoms with Gasteiger partial charge in [0.25, 0.3) is 0 Å². The Kier molecular flexibility index (Phi) is 4.39. The minimum Gasteiger partial charge on any atom is -0.353 e. The molecule has 26 heavy (non-hydrogen) atoms. The van der Waals surface area contributed by atoms with E-state index in [9.17, 15) is 13.2 Å². The van der Waals surface area contributed by atoms with Crippen molar-refractivity contribution in [3.8, 4) is 0 Å². The number of halogens is 3. The quantitative estimate of drug-likeness (QED) is 0.829. The number of nitrogens with zero attached hydrogens (tertiary/aromatic N) is 6. The summed E-state index contributed by atoms with van der Waals surface area (Å²) in [6, 6.07) is 4.47. The smallest absolute Gasteiger partial charge is 0.353 e. The van der Waals surface area contributed by atoms with Crippen molar-refractivity contribution in [3.63, 3.8) is 0 Å². The van der Waals surface area contributed by atoms with Crippen LogP contribution >= 0.6 is 0 Å². The third-order valence-electron chi connectivity index (χ3n) is 4.92. The highest BCUT2D eigenvalue weighted by molar-refractivity contribution is 5.51. The van der Waals surface area contributed by atoms with Crippen LogP contribution in [0.3, 0.4) is 0 Å². The largest absolute Gasteiger partial charge is 0.419 e. The Morgan fingerprint density at radius 2 is 1.50 bits per heavy atom. The normalized spacial score (nSPS) is 19.5. The number of anilines is 2. The first kappa shape index (κ1) is 17.0. The highest BCUT2D eigenvalue weighted by Gasteiger charge is 2.40. The first-order valence-electron chi connectivity index (χ1n) is 8.55. The molecule has 4 rings (SSSR count). The van der Waals surface area contributed by atoms with Gasteiger partial charge in [-0.15, -0.1) is 0 Å². The number of aromatic nitrogens is 3. The maximum Gasteiger partial charge on any atom is 0.419 e. The Balaban J connectivity index is 1.34. The molecule has 2 aromatic heterocycles. The molecular formula is C17H19F3N6. The summed E-state index contributed by atoms with van der Waals surface area (Å²) in [5, 5.41) is 0. The van der Waals surface area contributed by atoms with Crippen molar-refractivity contribution in [2.45, 2.75) is 12.2 Å². The van der Waals surface area contributed by atoms with E-state index in [1.807, 2.05) is 0 Å². The van der Waals surface area contributed by atoms with Crippen LogP contribution < -0.4 is 9.80 Å². The maximum atomic E-state index is 13.1. The zero-order valence-corrected chi connectivity index (χ0v) is 14.1. The number of piperazine rings is 1. The lowest BCUT2D eigenvalue weighted by Gasteiger charge is -2.49. The molecule has 2 aromatic rings. The molecular weight excluding hydrogens is 345 g/mol. The molecule has 0 saturated carbocycles. The number of hydrogen-bond donors (Lipinski definition) is 0. The van der Waals surface area contributed by atoms with E-state index in [2.05, 4.69) is 24.8 Å². The van der Waals surface area contributed by atoms with Gasteiger partial charge < -0.3 is 9.80 Å². The SMILES string of the molecule is FC(F)(F)c1cccnc1N1CC(N2CCN(c3ncccn3)CC2)C1. The zero-order chi connectivity index (χ0) is 18.1. The summed E-state index contributed by atoms with van der Waals surface area (Å²) in [6.07, 6.45) is 0.486. The fraction of sp³-hybridized carbons (Fsp3) is 0.471. The van der Waals surface area contributed by atoms with E-state index in [4.69, 9.17) is 0 Å². The van der Waals surface area contributed by atoms with Crippen molar-refractivity contribution < 1.29 is 13.2 Å². The van der Waals surface area contributed by atoms with Gasteiger partial charge in [-0.1, -0.05) is 0 Å². The predicted molar refractivity (Wildman–Crippen MR) is 91.1 cm³/mol. The predicted octanol–water partition coefficient (Wildman–Crippen LogP) is 1.90. The molecule has 0 aromatic carbocycles. The number of hydrogen-bond acceptors (Lipinski definition) is 6. The van der Waals surface area contributed by atoms with Crippen LogP contribution in [0.4, 0.5) is 24.9 Å². The molecule has 2 fully saturated rings. The molecule has 0 amide bonds. The molecule has 0 aliphatic carbocycles. The second-order valence-corrected chi connectivity index (χ2v) is 6.50. The standard InChI is InChI=1S/C17H19F3N6/c18-17(19,20)14-3-1-4-21-15(14)26-11-13(12-26)24-7-9-25(10-8-24)16-22-5-2-6-23-16/h1-6,13H,7-12H2. The van der Waals surface area contributed by atoms with Gasteiger partial charge in [0.2, 0.25) is 5.95 Å². The van der Waals surface area contributed by atoms with Crippen LogP contribution in [0.5, 0.6) is 0 Å². The molecule has 0 atom stereocenters. The van der Waals surface area contributed by atoms with Crippen LogP contribution in [-0.2, 0) is 6.18 Å². The second-order valence-electron chi connectivity index (χ2n) is 6.50. The monoisotopic (exact) mass is 364 g/mol. The van der Waals surface area contributed by atoms with Crippen molar-refractivity contribution in [2.75, 3.05) is 49.1 Å². The molecule has 0 bridgehead atoms. The van der Waals surface area contributed by atoms with Gasteiger partial charge in [0.05, 0.1) is 5.56 Å². The van der Waals surface area contributed by atoms with E-state index in [1.165, 1.54) is 12.3 Å². The van der Waals surface area contributed by atoms with Crippen LogP contribution in [0.15, 0.2) is 36.8 Å². The molecule has 2 aliphatic rings. The fourth-order valence-electron chi connectivity index (χ4n) is 3.47. The van der Waals surface area contributed by atoms with E-state index >= 15 is 0 Å². The minimum atomic E-state index is -4.38. The molecule has 138 valence electrons. The fourth-order valence-corrected chi connectivity index (χ4v) is 3.47. The third kappa shape index (κ3) is 3.31. The third-order valence-corrected chi connectivity index (χ3v) is 4.92.